The number of carbonyl (C=O) groups excluding carboxylic acids is 1. The van der Waals surface area contributed by atoms with Crippen LogP contribution in [0.15, 0.2) is 30.6 Å². The standard InChI is InChI=1S/C15H15N5O/c1-11-4-5-14(20-17-6-7-18-20)13(9-11)15(21)19-8-2-3-12(19)10-16/h4-7,9,12H,2-3,8H2,1H3/t12-/m0/s1. The molecule has 1 fully saturated rings. The molecule has 1 aromatic carbocycles. The van der Waals surface area contributed by atoms with Crippen LogP contribution in [0.5, 0.6) is 0 Å². The molecule has 1 aliphatic rings. The third kappa shape index (κ3) is 2.38. The zero-order chi connectivity index (χ0) is 14.8. The van der Waals surface area contributed by atoms with E-state index in [4.69, 9.17) is 5.26 Å². The number of likely N-dealkylation sites (tertiary alicyclic amines) is 1. The summed E-state index contributed by atoms with van der Waals surface area (Å²) in [5.74, 6) is -0.130. The van der Waals surface area contributed by atoms with Crippen LogP contribution in [-0.4, -0.2) is 38.4 Å². The van der Waals surface area contributed by atoms with Gasteiger partial charge in [0.2, 0.25) is 0 Å². The van der Waals surface area contributed by atoms with Crippen LogP contribution in [0, 0.1) is 18.3 Å². The van der Waals surface area contributed by atoms with Crippen molar-refractivity contribution < 1.29 is 4.79 Å². The molecule has 1 aliphatic heterocycles. The number of nitrogens with zero attached hydrogens (tertiary/aromatic N) is 5. The van der Waals surface area contributed by atoms with E-state index in [9.17, 15) is 4.79 Å². The third-order valence-corrected chi connectivity index (χ3v) is 3.68. The van der Waals surface area contributed by atoms with Gasteiger partial charge in [0.05, 0.1) is 29.7 Å². The second-order valence-corrected chi connectivity index (χ2v) is 5.12. The van der Waals surface area contributed by atoms with Crippen LogP contribution in [-0.2, 0) is 0 Å². The van der Waals surface area contributed by atoms with E-state index in [1.807, 2.05) is 25.1 Å². The van der Waals surface area contributed by atoms with E-state index in [0.717, 1.165) is 18.4 Å². The zero-order valence-electron chi connectivity index (χ0n) is 11.7. The van der Waals surface area contributed by atoms with Gasteiger partial charge < -0.3 is 4.90 Å². The quantitative estimate of drug-likeness (QED) is 0.839. The molecule has 0 radical (unpaired) electrons. The highest BCUT2D eigenvalue weighted by Gasteiger charge is 2.30. The fraction of sp³-hybridized carbons (Fsp3) is 0.333. The lowest BCUT2D eigenvalue weighted by atomic mass is 10.1. The predicted molar refractivity (Wildman–Crippen MR) is 75.8 cm³/mol. The van der Waals surface area contributed by atoms with Crippen molar-refractivity contribution in [2.45, 2.75) is 25.8 Å². The lowest BCUT2D eigenvalue weighted by Crippen LogP contribution is -2.35. The highest BCUT2D eigenvalue weighted by molar-refractivity contribution is 5.98. The topological polar surface area (TPSA) is 74.8 Å². The average Bonchev–Trinajstić information content (AvgIpc) is 3.17. The van der Waals surface area contributed by atoms with Crippen molar-refractivity contribution in [3.63, 3.8) is 0 Å². The van der Waals surface area contributed by atoms with Gasteiger partial charge >= 0.3 is 0 Å². The largest absolute Gasteiger partial charge is 0.323 e. The summed E-state index contributed by atoms with van der Waals surface area (Å²) in [6.45, 7) is 2.56. The van der Waals surface area contributed by atoms with Crippen LogP contribution in [0.1, 0.15) is 28.8 Å². The smallest absolute Gasteiger partial charge is 0.257 e. The van der Waals surface area contributed by atoms with E-state index in [2.05, 4.69) is 16.3 Å². The minimum atomic E-state index is -0.337. The maximum absolute atomic E-state index is 12.8. The molecular formula is C15H15N5O. The summed E-state index contributed by atoms with van der Waals surface area (Å²) in [5, 5.41) is 17.4. The lowest BCUT2D eigenvalue weighted by molar-refractivity contribution is 0.0764. The number of rotatable bonds is 2. The van der Waals surface area contributed by atoms with Crippen molar-refractivity contribution in [3.8, 4) is 11.8 Å². The second kappa shape index (κ2) is 5.37. The lowest BCUT2D eigenvalue weighted by Gasteiger charge is -2.21. The molecule has 0 aliphatic carbocycles. The van der Waals surface area contributed by atoms with Crippen molar-refractivity contribution in [1.29, 1.82) is 5.26 Å². The van der Waals surface area contributed by atoms with Gasteiger partial charge in [-0.25, -0.2) is 0 Å². The highest BCUT2D eigenvalue weighted by Crippen LogP contribution is 2.23. The van der Waals surface area contributed by atoms with Crippen LogP contribution in [0.3, 0.4) is 0 Å². The SMILES string of the molecule is Cc1ccc(-n2nccn2)c(C(=O)N2CCC[C@H]2C#N)c1. The first-order chi connectivity index (χ1) is 10.2. The third-order valence-electron chi connectivity index (χ3n) is 3.68. The van der Waals surface area contributed by atoms with Gasteiger partial charge in [0.15, 0.2) is 0 Å². The number of nitriles is 1. The Labute approximate surface area is 122 Å². The first kappa shape index (κ1) is 13.3. The Hall–Kier alpha value is -2.68. The number of benzene rings is 1. The molecule has 1 atom stereocenters. The Balaban J connectivity index is 2.03. The van der Waals surface area contributed by atoms with Crippen LogP contribution >= 0.6 is 0 Å². The highest BCUT2D eigenvalue weighted by atomic mass is 16.2. The van der Waals surface area contributed by atoms with Crippen LogP contribution in [0.2, 0.25) is 0 Å². The van der Waals surface area contributed by atoms with E-state index in [1.54, 1.807) is 17.3 Å². The van der Waals surface area contributed by atoms with Gasteiger partial charge in [-0.05, 0) is 31.9 Å². The molecule has 2 heterocycles. The van der Waals surface area contributed by atoms with Crippen molar-refractivity contribution in [2.24, 2.45) is 0 Å². The Bertz CT molecular complexity index is 701. The van der Waals surface area contributed by atoms with E-state index >= 15 is 0 Å². The summed E-state index contributed by atoms with van der Waals surface area (Å²) in [4.78, 5) is 15.9. The molecule has 106 valence electrons. The minimum Gasteiger partial charge on any atom is -0.323 e. The molecule has 0 saturated carbocycles. The van der Waals surface area contributed by atoms with Crippen LogP contribution in [0.4, 0.5) is 0 Å². The number of hydrogen-bond donors (Lipinski definition) is 0. The predicted octanol–water partition coefficient (Wildman–Crippen LogP) is 1.70. The number of amides is 1. The van der Waals surface area contributed by atoms with Gasteiger partial charge in [-0.1, -0.05) is 11.6 Å². The molecule has 6 heteroatoms. The molecule has 0 spiro atoms. The first-order valence-electron chi connectivity index (χ1n) is 6.88. The summed E-state index contributed by atoms with van der Waals surface area (Å²) >= 11 is 0. The summed E-state index contributed by atoms with van der Waals surface area (Å²) in [5.41, 5.74) is 2.16. The van der Waals surface area contributed by atoms with Gasteiger partial charge in [-0.2, -0.15) is 20.3 Å². The second-order valence-electron chi connectivity index (χ2n) is 5.12. The molecule has 3 rings (SSSR count). The van der Waals surface area contributed by atoms with Crippen LogP contribution in [0.25, 0.3) is 5.69 Å². The van der Waals surface area contributed by atoms with Crippen LogP contribution < -0.4 is 0 Å². The summed E-state index contributed by atoms with van der Waals surface area (Å²) in [6.07, 6.45) is 4.75. The van der Waals surface area contributed by atoms with E-state index in [0.29, 0.717) is 17.8 Å². The van der Waals surface area contributed by atoms with E-state index in [-0.39, 0.29) is 11.9 Å². The molecule has 0 unspecified atom stereocenters. The van der Waals surface area contributed by atoms with E-state index < -0.39 is 0 Å². The molecule has 2 aromatic rings. The van der Waals surface area contributed by atoms with Crippen molar-refractivity contribution in [2.75, 3.05) is 6.54 Å². The first-order valence-corrected chi connectivity index (χ1v) is 6.88. The fourth-order valence-corrected chi connectivity index (χ4v) is 2.63. The maximum atomic E-state index is 12.8. The Morgan fingerprint density at radius 2 is 2.14 bits per heavy atom. The fourth-order valence-electron chi connectivity index (χ4n) is 2.63. The minimum absolute atomic E-state index is 0.130. The van der Waals surface area contributed by atoms with Gasteiger partial charge in [-0.15, -0.1) is 0 Å². The Kier molecular flexibility index (Phi) is 3.40. The molecule has 1 amide bonds. The number of hydrogen-bond acceptors (Lipinski definition) is 4. The van der Waals surface area contributed by atoms with Crippen molar-refractivity contribution in [3.05, 3.63) is 41.7 Å². The van der Waals surface area contributed by atoms with Gasteiger partial charge in [0.1, 0.15) is 6.04 Å². The monoisotopic (exact) mass is 281 g/mol. The molecule has 0 N–H and O–H groups in total. The van der Waals surface area contributed by atoms with Gasteiger partial charge in [0, 0.05) is 6.54 Å². The summed E-state index contributed by atoms with van der Waals surface area (Å²) < 4.78 is 0. The van der Waals surface area contributed by atoms with Crippen molar-refractivity contribution >= 4 is 5.91 Å². The number of aryl methyl sites for hydroxylation is 1. The summed E-state index contributed by atoms with van der Waals surface area (Å²) in [6, 6.07) is 7.44. The van der Waals surface area contributed by atoms with Gasteiger partial charge in [-0.3, -0.25) is 4.79 Å². The molecule has 1 aromatic heterocycles. The Morgan fingerprint density at radius 1 is 1.38 bits per heavy atom. The zero-order valence-corrected chi connectivity index (χ0v) is 11.7. The Morgan fingerprint density at radius 3 is 2.86 bits per heavy atom. The molecule has 1 saturated heterocycles. The summed E-state index contributed by atoms with van der Waals surface area (Å²) in [7, 11) is 0. The number of aromatic nitrogens is 3. The number of carbonyl (C=O) groups is 1. The molecule has 6 nitrogen and oxygen atoms in total. The molecular weight excluding hydrogens is 266 g/mol. The molecule has 21 heavy (non-hydrogen) atoms. The van der Waals surface area contributed by atoms with Gasteiger partial charge in [0.25, 0.3) is 5.91 Å². The maximum Gasteiger partial charge on any atom is 0.257 e. The van der Waals surface area contributed by atoms with Crippen molar-refractivity contribution in [1.82, 2.24) is 19.9 Å². The molecule has 0 bridgehead atoms. The normalized spacial score (nSPS) is 17.7. The average molecular weight is 281 g/mol. The van der Waals surface area contributed by atoms with E-state index in [1.165, 1.54) is 4.80 Å².